The first-order valence-corrected chi connectivity index (χ1v) is 25.0. The van der Waals surface area contributed by atoms with E-state index in [1.165, 1.54) is 22.6 Å². The van der Waals surface area contributed by atoms with Crippen molar-refractivity contribution in [3.63, 3.8) is 0 Å². The third-order valence-electron chi connectivity index (χ3n) is 11.6. The van der Waals surface area contributed by atoms with E-state index >= 15 is 0 Å². The van der Waals surface area contributed by atoms with Crippen molar-refractivity contribution in [2.45, 2.75) is 152 Å². The summed E-state index contributed by atoms with van der Waals surface area (Å²) in [5.41, 5.74) is 10.2. The predicted octanol–water partition coefficient (Wildman–Crippen LogP) is 6.17. The van der Waals surface area contributed by atoms with E-state index in [1.54, 1.807) is 49.6 Å². The normalized spacial score (nSPS) is 11.5. The number of methoxy groups -OCH3 is 2. The summed E-state index contributed by atoms with van der Waals surface area (Å²) in [6.45, 7) is 23.7. The van der Waals surface area contributed by atoms with Gasteiger partial charge in [0, 0.05) is 64.4 Å². The molecule has 0 amide bonds. The second-order valence-corrected chi connectivity index (χ2v) is 18.5. The maximum atomic E-state index is 12.3. The number of hydrogen-bond acceptors (Lipinski definition) is 17. The number of nitrogen functional groups attached to an aromatic ring is 1. The summed E-state index contributed by atoms with van der Waals surface area (Å²) in [5.74, 6) is 1.04. The van der Waals surface area contributed by atoms with Crippen molar-refractivity contribution in [2.75, 3.05) is 45.0 Å². The molecule has 0 saturated heterocycles. The van der Waals surface area contributed by atoms with Gasteiger partial charge in [-0.2, -0.15) is 9.97 Å². The standard InChI is InChI=1S/C14H20N4O3.C12H20N6.C12H18N4O.C11H16N4O2/c1-10(2)18-9-15-12-13(18)16-8-17(14(12)20)6-4-5-11(19)7-21-3;1-4-5-6-14-12-16-10(13)9-11(17-12)18(7-15-9)8(2)3;1-4-5-6-15-7-14-11-10(12(15)17)13-8-16(11)9(2)3;1-8(2)15-7-12-9-10(15)13-6-14(11(9)16)4-5-17-3/h8-10H,4-7H2,1-3H3;7-8H,4-6H2,1-3H3,(H3,13,14,16,17);7-9H,4-6H2,1-3H3;6-8H,4-5H2,1-3H3. The number of anilines is 2. The Morgan fingerprint density at radius 1 is 0.534 bits per heavy atom. The Bertz CT molecular complexity index is 3110. The first kappa shape index (κ1) is 56.7. The summed E-state index contributed by atoms with van der Waals surface area (Å²) in [5, 5.41) is 3.19. The fraction of sp³-hybridized carbons (Fsp3) is 0.571. The maximum Gasteiger partial charge on any atom is 0.281 e. The summed E-state index contributed by atoms with van der Waals surface area (Å²) in [6.07, 6.45) is 16.7. The number of nitrogens with two attached hydrogens (primary N) is 1. The molecule has 0 aromatic carbocycles. The zero-order chi connectivity index (χ0) is 53.4. The number of Topliss-reactive ketones (excluding diaryl/α,β-unsaturated/α-hetero) is 1. The molecule has 0 aliphatic rings. The maximum absolute atomic E-state index is 12.3. The molecule has 0 aliphatic carbocycles. The van der Waals surface area contributed by atoms with E-state index in [1.807, 2.05) is 59.8 Å². The van der Waals surface area contributed by atoms with Gasteiger partial charge in [-0.3, -0.25) is 32.9 Å². The average molecular weight is 1010 g/mol. The Morgan fingerprint density at radius 3 is 1.36 bits per heavy atom. The summed E-state index contributed by atoms with van der Waals surface area (Å²) in [7, 11) is 3.09. The molecule has 8 aromatic heterocycles. The molecule has 73 heavy (non-hydrogen) atoms. The van der Waals surface area contributed by atoms with Gasteiger partial charge in [0.25, 0.3) is 16.7 Å². The van der Waals surface area contributed by atoms with Crippen molar-refractivity contribution in [3.8, 4) is 0 Å². The SMILES string of the molecule is CCCCNc1nc(N)c2ncn(C(C)C)c2n1.CCCCn1cnc2c(ncn2C(C)C)c1=O.COCC(=O)CCCn1cnc2c(ncn2C(C)C)c1=O.COCCn1cnc2c(ncn2C(C)C)c1=O. The van der Waals surface area contributed by atoms with Crippen LogP contribution in [0.25, 0.3) is 44.7 Å². The Morgan fingerprint density at radius 2 is 0.945 bits per heavy atom. The Labute approximate surface area is 424 Å². The van der Waals surface area contributed by atoms with E-state index in [2.05, 4.69) is 77.9 Å². The molecular formula is C49H74N18O6. The zero-order valence-electron chi connectivity index (χ0n) is 44.5. The topological polar surface area (TPSA) is 275 Å². The lowest BCUT2D eigenvalue weighted by Gasteiger charge is -2.09. The van der Waals surface area contributed by atoms with Crippen LogP contribution in [0.4, 0.5) is 11.8 Å². The quantitative estimate of drug-likeness (QED) is 0.0808. The van der Waals surface area contributed by atoms with Crippen LogP contribution in [-0.4, -0.2) is 117 Å². The number of nitrogens with zero attached hydrogens (tertiary/aromatic N) is 16. The van der Waals surface area contributed by atoms with E-state index in [9.17, 15) is 19.2 Å². The van der Waals surface area contributed by atoms with Gasteiger partial charge in [0.2, 0.25) is 5.95 Å². The highest BCUT2D eigenvalue weighted by Gasteiger charge is 2.16. The number of imidazole rings is 4. The molecule has 0 saturated carbocycles. The lowest BCUT2D eigenvalue weighted by molar-refractivity contribution is -0.122. The number of rotatable bonds is 20. The van der Waals surface area contributed by atoms with Crippen molar-refractivity contribution >= 4 is 62.2 Å². The molecule has 8 aromatic rings. The number of carbonyl (C=O) groups is 1. The van der Waals surface area contributed by atoms with E-state index in [0.717, 1.165) is 37.9 Å². The van der Waals surface area contributed by atoms with Gasteiger partial charge in [0.15, 0.2) is 50.7 Å². The zero-order valence-corrected chi connectivity index (χ0v) is 44.5. The van der Waals surface area contributed by atoms with Crippen molar-refractivity contribution < 1.29 is 14.3 Å². The van der Waals surface area contributed by atoms with E-state index in [0.29, 0.717) is 95.9 Å². The van der Waals surface area contributed by atoms with Crippen LogP contribution in [0, 0.1) is 0 Å². The monoisotopic (exact) mass is 1010 g/mol. The Hall–Kier alpha value is -7.21. The number of nitrogens with one attached hydrogen (secondary N) is 1. The molecule has 0 fully saturated rings. The second-order valence-electron chi connectivity index (χ2n) is 18.5. The van der Waals surface area contributed by atoms with Crippen molar-refractivity contribution in [3.05, 3.63) is 75.4 Å². The van der Waals surface area contributed by atoms with Crippen molar-refractivity contribution in [1.29, 1.82) is 0 Å². The molecule has 24 nitrogen and oxygen atoms in total. The fourth-order valence-electron chi connectivity index (χ4n) is 7.42. The lowest BCUT2D eigenvalue weighted by Crippen LogP contribution is -2.23. The number of aromatic nitrogens is 16. The summed E-state index contributed by atoms with van der Waals surface area (Å²) in [4.78, 5) is 86.2. The van der Waals surface area contributed by atoms with E-state index < -0.39 is 0 Å². The molecule has 0 spiro atoms. The summed E-state index contributed by atoms with van der Waals surface area (Å²) >= 11 is 0. The number of unbranched alkanes of at least 4 members (excludes halogenated alkanes) is 2. The molecule has 24 heteroatoms. The number of ketones is 1. The van der Waals surface area contributed by atoms with Crippen molar-refractivity contribution in [1.82, 2.24) is 76.8 Å². The molecule has 0 radical (unpaired) electrons. The van der Waals surface area contributed by atoms with E-state index in [-0.39, 0.29) is 47.2 Å². The minimum absolute atomic E-state index is 0.0312. The average Bonchev–Trinajstić information content (AvgIpc) is 4.18. The van der Waals surface area contributed by atoms with Crippen LogP contribution in [0.1, 0.15) is 132 Å². The summed E-state index contributed by atoms with van der Waals surface area (Å²) < 4.78 is 22.0. The minimum atomic E-state index is -0.168. The first-order valence-electron chi connectivity index (χ1n) is 25.0. The number of ether oxygens (including phenoxy) is 2. The highest BCUT2D eigenvalue weighted by atomic mass is 16.5. The number of carbonyl (C=O) groups excluding carboxylic acids is 1. The smallest absolute Gasteiger partial charge is 0.281 e. The molecule has 0 atom stereocenters. The number of aryl methyl sites for hydroxylation is 2. The fourth-order valence-corrected chi connectivity index (χ4v) is 7.42. The largest absolute Gasteiger partial charge is 0.383 e. The van der Waals surface area contributed by atoms with Crippen LogP contribution in [-0.2, 0) is 33.9 Å². The lowest BCUT2D eigenvalue weighted by atomic mass is 10.2. The molecule has 0 unspecified atom stereocenters. The minimum Gasteiger partial charge on any atom is -0.383 e. The van der Waals surface area contributed by atoms with Gasteiger partial charge in [-0.15, -0.1) is 0 Å². The number of hydrogen-bond donors (Lipinski definition) is 2. The molecule has 0 aliphatic heterocycles. The highest BCUT2D eigenvalue weighted by molar-refractivity contribution is 5.83. The molecule has 396 valence electrons. The van der Waals surface area contributed by atoms with Crippen LogP contribution in [0.3, 0.4) is 0 Å². The van der Waals surface area contributed by atoms with Gasteiger partial charge in [0.05, 0.1) is 38.5 Å². The van der Waals surface area contributed by atoms with Gasteiger partial charge in [0.1, 0.15) is 31.1 Å². The van der Waals surface area contributed by atoms with Crippen LogP contribution in [0.15, 0.2) is 58.7 Å². The second kappa shape index (κ2) is 27.0. The van der Waals surface area contributed by atoms with Crippen LogP contribution in [0.2, 0.25) is 0 Å². The molecule has 8 heterocycles. The van der Waals surface area contributed by atoms with Gasteiger partial charge in [-0.25, -0.2) is 34.9 Å². The third kappa shape index (κ3) is 14.3. The predicted molar refractivity (Wildman–Crippen MR) is 283 cm³/mol. The number of fused-ring (bicyclic) bond motifs is 4. The first-order chi connectivity index (χ1) is 35.0. The molecular weight excluding hydrogens is 937 g/mol. The van der Waals surface area contributed by atoms with Gasteiger partial charge < -0.3 is 38.8 Å². The highest BCUT2D eigenvalue weighted by Crippen LogP contribution is 2.21. The van der Waals surface area contributed by atoms with E-state index in [4.69, 9.17) is 15.2 Å². The van der Waals surface area contributed by atoms with Crippen LogP contribution in [0.5, 0.6) is 0 Å². The van der Waals surface area contributed by atoms with Gasteiger partial charge >= 0.3 is 0 Å². The van der Waals surface area contributed by atoms with Gasteiger partial charge in [-0.05, 0) is 74.7 Å². The van der Waals surface area contributed by atoms with Gasteiger partial charge in [-0.1, -0.05) is 26.7 Å². The molecule has 8 rings (SSSR count). The third-order valence-corrected chi connectivity index (χ3v) is 11.6. The summed E-state index contributed by atoms with van der Waals surface area (Å²) in [6, 6.07) is 0.998. The van der Waals surface area contributed by atoms with Crippen molar-refractivity contribution in [2.24, 2.45) is 0 Å². The molecule has 3 N–H and O–H groups in total. The molecule has 0 bridgehead atoms. The Balaban J connectivity index is 0.000000181. The Kier molecular flexibility index (Phi) is 21.0. The van der Waals surface area contributed by atoms with Crippen LogP contribution < -0.4 is 27.7 Å². The van der Waals surface area contributed by atoms with Crippen LogP contribution >= 0.6 is 0 Å².